The van der Waals surface area contributed by atoms with Crippen LogP contribution in [0.5, 0.6) is 17.4 Å². The molecule has 0 spiro atoms. The molecule has 53 heavy (non-hydrogen) atoms. The van der Waals surface area contributed by atoms with Gasteiger partial charge in [-0.25, -0.2) is 9.59 Å². The number of fused-ring (bicyclic) bond motifs is 2. The van der Waals surface area contributed by atoms with Crippen molar-refractivity contribution in [3.05, 3.63) is 65.6 Å². The van der Waals surface area contributed by atoms with Crippen LogP contribution in [0, 0.1) is 0 Å². The van der Waals surface area contributed by atoms with Crippen molar-refractivity contribution in [2.45, 2.75) is 38.6 Å². The fraction of sp³-hybridized carbons (Fsp3) is 0.361. The van der Waals surface area contributed by atoms with Gasteiger partial charge in [-0.05, 0) is 44.4 Å². The van der Waals surface area contributed by atoms with Gasteiger partial charge in [0.15, 0.2) is 11.5 Å². The Morgan fingerprint density at radius 2 is 1.64 bits per heavy atom. The highest BCUT2D eigenvalue weighted by atomic mass is 16.5. The molecule has 2 aliphatic rings. The summed E-state index contributed by atoms with van der Waals surface area (Å²) in [6.07, 6.45) is 8.70. The summed E-state index contributed by atoms with van der Waals surface area (Å²) < 4.78 is 26.2. The van der Waals surface area contributed by atoms with Gasteiger partial charge >= 0.3 is 11.9 Å². The number of nitrogens with zero attached hydrogens (tertiary/aromatic N) is 6. The molecule has 2 aliphatic heterocycles. The minimum Gasteiger partial charge on any atom is -0.493 e. The number of aryl methyl sites for hydroxylation is 3. The maximum absolute atomic E-state index is 13.2. The molecule has 0 aliphatic carbocycles. The van der Waals surface area contributed by atoms with Crippen LogP contribution in [-0.4, -0.2) is 92.4 Å². The Labute approximate surface area is 304 Å². The third kappa shape index (κ3) is 7.93. The molecule has 5 heterocycles. The lowest BCUT2D eigenvalue weighted by atomic mass is 10.1. The molecule has 0 saturated carbocycles. The van der Waals surface area contributed by atoms with Gasteiger partial charge in [-0.15, -0.1) is 0 Å². The van der Waals surface area contributed by atoms with Gasteiger partial charge in [0.1, 0.15) is 11.4 Å². The Morgan fingerprint density at radius 1 is 0.906 bits per heavy atom. The first-order valence-corrected chi connectivity index (χ1v) is 17.0. The molecular formula is C36H40N8O9. The molecule has 1 aromatic carbocycles. The van der Waals surface area contributed by atoms with E-state index in [1.807, 2.05) is 11.1 Å². The van der Waals surface area contributed by atoms with Gasteiger partial charge in [-0.2, -0.15) is 4.98 Å². The van der Waals surface area contributed by atoms with Crippen LogP contribution in [-0.2, 0) is 30.7 Å². The number of methoxy groups -OCH3 is 1. The van der Waals surface area contributed by atoms with E-state index in [1.54, 1.807) is 57.2 Å². The largest absolute Gasteiger partial charge is 0.493 e. The molecule has 17 nitrogen and oxygen atoms in total. The van der Waals surface area contributed by atoms with Crippen molar-refractivity contribution in [2.24, 2.45) is 26.1 Å². The molecule has 3 amide bonds. The molecule has 0 unspecified atom stereocenters. The number of carbonyl (C=O) groups excluding carboxylic acids is 5. The summed E-state index contributed by atoms with van der Waals surface area (Å²) in [5.41, 5.74) is 2.12. The minimum atomic E-state index is -0.751. The van der Waals surface area contributed by atoms with Gasteiger partial charge in [0.25, 0.3) is 11.8 Å². The number of aliphatic imine (C=N–C) groups is 1. The number of hydrogen-bond acceptors (Lipinski definition) is 11. The summed E-state index contributed by atoms with van der Waals surface area (Å²) >= 11 is 0. The number of nitrogens with one attached hydrogen (secondary N) is 2. The zero-order chi connectivity index (χ0) is 37.8. The maximum atomic E-state index is 13.2. The summed E-state index contributed by atoms with van der Waals surface area (Å²) in [6, 6.07) is 6.32. The Kier molecular flexibility index (Phi) is 10.6. The van der Waals surface area contributed by atoms with Gasteiger partial charge in [0.05, 0.1) is 55.2 Å². The van der Waals surface area contributed by atoms with Crippen LogP contribution in [0.15, 0.2) is 47.8 Å². The number of ether oxygens (including phenoxy) is 4. The Bertz CT molecular complexity index is 2110. The predicted molar refractivity (Wildman–Crippen MR) is 191 cm³/mol. The van der Waals surface area contributed by atoms with Crippen LogP contribution in [0.4, 0.5) is 17.1 Å². The number of anilines is 2. The summed E-state index contributed by atoms with van der Waals surface area (Å²) in [5, 5.41) is 5.55. The third-order valence-corrected chi connectivity index (χ3v) is 8.77. The average molecular weight is 729 g/mol. The predicted octanol–water partition coefficient (Wildman–Crippen LogP) is 3.87. The summed E-state index contributed by atoms with van der Waals surface area (Å²) in [5.74, 6) is -1.49. The van der Waals surface area contributed by atoms with Crippen molar-refractivity contribution < 1.29 is 42.9 Å². The van der Waals surface area contributed by atoms with Gasteiger partial charge in [-0.1, -0.05) is 0 Å². The van der Waals surface area contributed by atoms with E-state index < -0.39 is 17.8 Å². The van der Waals surface area contributed by atoms with Gasteiger partial charge < -0.3 is 48.2 Å². The van der Waals surface area contributed by atoms with Gasteiger partial charge in [-0.3, -0.25) is 19.4 Å². The Balaban J connectivity index is 1.000. The van der Waals surface area contributed by atoms with Crippen LogP contribution in [0.25, 0.3) is 0 Å². The van der Waals surface area contributed by atoms with Crippen molar-refractivity contribution in [2.75, 3.05) is 37.5 Å². The second-order valence-electron chi connectivity index (χ2n) is 12.5. The molecule has 1 fully saturated rings. The Hall–Kier alpha value is -6.39. The van der Waals surface area contributed by atoms with Crippen LogP contribution >= 0.6 is 0 Å². The second-order valence-corrected chi connectivity index (χ2v) is 12.5. The number of benzene rings is 1. The Morgan fingerprint density at radius 3 is 2.40 bits per heavy atom. The molecular weight excluding hydrogens is 688 g/mol. The quantitative estimate of drug-likeness (QED) is 0.151. The molecule has 17 heteroatoms. The smallest absolute Gasteiger partial charge is 0.374 e. The standard InChI is InChI=1S/C36H40N8O9/c1-6-51-36(49)32-40-31(20-43(32)4)53-35(48)27-14-22(19-42(27)3)39-33(46)26-13-21(18-41(26)2)38-30(45)10-8-12-52-29-16-25-24(15-28(29)50-5)34(47)44-11-7-9-23(44)17-37-25/h13-20,23H,6-12H2,1-5H3,(H,38,45)(H,39,46)/t23-/m0/s1. The first-order chi connectivity index (χ1) is 25.4. The maximum Gasteiger partial charge on any atom is 0.374 e. The van der Waals surface area contributed by atoms with Crippen LogP contribution in [0.3, 0.4) is 0 Å². The lowest BCUT2D eigenvalue weighted by Crippen LogP contribution is -2.35. The van der Waals surface area contributed by atoms with E-state index in [-0.39, 0.29) is 60.6 Å². The number of rotatable bonds is 13. The molecule has 1 saturated heterocycles. The molecule has 0 bridgehead atoms. The van der Waals surface area contributed by atoms with E-state index in [0.717, 1.165) is 12.8 Å². The highest BCUT2D eigenvalue weighted by molar-refractivity contribution is 6.05. The lowest BCUT2D eigenvalue weighted by molar-refractivity contribution is -0.116. The number of hydrogen-bond donors (Lipinski definition) is 2. The molecule has 0 radical (unpaired) electrons. The van der Waals surface area contributed by atoms with Crippen LogP contribution in [0.2, 0.25) is 0 Å². The number of amides is 3. The van der Waals surface area contributed by atoms with E-state index in [9.17, 15) is 24.0 Å². The first-order valence-electron chi connectivity index (χ1n) is 17.0. The molecule has 278 valence electrons. The van der Waals surface area contributed by atoms with Crippen LogP contribution in [0.1, 0.15) is 74.6 Å². The number of carbonyl (C=O) groups is 5. The van der Waals surface area contributed by atoms with E-state index in [2.05, 4.69) is 20.6 Å². The highest BCUT2D eigenvalue weighted by Crippen LogP contribution is 2.38. The van der Waals surface area contributed by atoms with E-state index in [4.69, 9.17) is 18.9 Å². The molecule has 4 aromatic rings. The topological polar surface area (TPSA) is 190 Å². The average Bonchev–Trinajstić information content (AvgIpc) is 3.90. The number of imidazole rings is 1. The minimum absolute atomic E-state index is 0.00996. The molecule has 1 atom stereocenters. The van der Waals surface area contributed by atoms with Crippen LogP contribution < -0.4 is 24.8 Å². The zero-order valence-electron chi connectivity index (χ0n) is 30.0. The fourth-order valence-electron chi connectivity index (χ4n) is 6.17. The summed E-state index contributed by atoms with van der Waals surface area (Å²) in [6.45, 7) is 2.74. The highest BCUT2D eigenvalue weighted by Gasteiger charge is 2.32. The molecule has 6 rings (SSSR count). The molecule has 2 N–H and O–H groups in total. The normalized spacial score (nSPS) is 14.6. The summed E-state index contributed by atoms with van der Waals surface area (Å²) in [7, 11) is 6.35. The molecule has 3 aromatic heterocycles. The fourth-order valence-corrected chi connectivity index (χ4v) is 6.17. The van der Waals surface area contributed by atoms with Gasteiger partial charge in [0, 0.05) is 58.8 Å². The summed E-state index contributed by atoms with van der Waals surface area (Å²) in [4.78, 5) is 74.4. The third-order valence-electron chi connectivity index (χ3n) is 8.77. The number of aromatic nitrogens is 4. The SMILES string of the molecule is CCOC(=O)c1nc(OC(=O)c2cc(NC(=O)c3cc(NC(=O)CCCOc4cc5c(cc4OC)C(=O)N4CCC[C@H]4C=N5)cn3C)cn2C)cn1C. The van der Waals surface area contributed by atoms with Gasteiger partial charge in [0.2, 0.25) is 17.6 Å². The van der Waals surface area contributed by atoms with Crippen molar-refractivity contribution in [1.29, 1.82) is 0 Å². The van der Waals surface area contributed by atoms with Crippen molar-refractivity contribution in [1.82, 2.24) is 23.6 Å². The first kappa shape index (κ1) is 36.4. The van der Waals surface area contributed by atoms with E-state index >= 15 is 0 Å². The van der Waals surface area contributed by atoms with Crippen molar-refractivity contribution >= 4 is 52.9 Å². The van der Waals surface area contributed by atoms with E-state index in [1.165, 1.54) is 34.6 Å². The number of esters is 2. The lowest BCUT2D eigenvalue weighted by Gasteiger charge is -2.20. The van der Waals surface area contributed by atoms with E-state index in [0.29, 0.717) is 47.1 Å². The second kappa shape index (κ2) is 15.5. The zero-order valence-corrected chi connectivity index (χ0v) is 30.0. The van der Waals surface area contributed by atoms with Crippen molar-refractivity contribution in [3.8, 4) is 17.4 Å². The monoisotopic (exact) mass is 728 g/mol. The van der Waals surface area contributed by atoms with Crippen molar-refractivity contribution in [3.63, 3.8) is 0 Å².